The van der Waals surface area contributed by atoms with Gasteiger partial charge in [0.05, 0.1) is 27.2 Å². The lowest BCUT2D eigenvalue weighted by molar-refractivity contribution is -0.137. The standard InChI is InChI=1S/C27H26F3N5O2S2/c1-14-22(34-9-10-38-26(34)32-14)24(36)31-12-20-19-8-4-6-17(19)13-35(20)25(37)21-23(39-15(2)33-21)16-5-3-7-18(11-16)27(28,29)30/h3,5,7,9-11,17,19-20H,4,6,8,12-13H2,1-2H3,(H,31,36)/t17-,19-,20+/m0/s1. The van der Waals surface area contributed by atoms with Crippen LogP contribution in [0.25, 0.3) is 15.4 Å². The molecule has 1 saturated heterocycles. The molecule has 2 aliphatic rings. The first-order valence-corrected chi connectivity index (χ1v) is 14.5. The fourth-order valence-electron chi connectivity index (χ4n) is 6.10. The Morgan fingerprint density at radius 3 is 2.79 bits per heavy atom. The minimum absolute atomic E-state index is 0.166. The molecule has 0 bridgehead atoms. The average molecular weight is 574 g/mol. The lowest BCUT2D eigenvalue weighted by Gasteiger charge is -2.28. The summed E-state index contributed by atoms with van der Waals surface area (Å²) in [5, 5.41) is 5.52. The number of benzene rings is 1. The lowest BCUT2D eigenvalue weighted by Crippen LogP contribution is -2.46. The van der Waals surface area contributed by atoms with Gasteiger partial charge in [-0.25, -0.2) is 9.97 Å². The fourth-order valence-corrected chi connectivity index (χ4v) is 7.77. The molecule has 1 aliphatic heterocycles. The SMILES string of the molecule is Cc1nc(C(=O)N2C[C@@H]3CCC[C@@H]3[C@H]2CNC(=O)c2c(C)nc3sccn23)c(-c2cccc(C(F)(F)F)c2)s1. The van der Waals surface area contributed by atoms with Crippen molar-refractivity contribution in [2.24, 2.45) is 11.8 Å². The molecule has 1 saturated carbocycles. The number of halogens is 3. The monoisotopic (exact) mass is 573 g/mol. The van der Waals surface area contributed by atoms with E-state index in [0.29, 0.717) is 39.3 Å². The number of carbonyl (C=O) groups excluding carboxylic acids is 2. The van der Waals surface area contributed by atoms with Gasteiger partial charge in [0.15, 0.2) is 4.96 Å². The van der Waals surface area contributed by atoms with Gasteiger partial charge in [0, 0.05) is 24.7 Å². The topological polar surface area (TPSA) is 79.6 Å². The number of nitrogens with one attached hydrogen (secondary N) is 1. The van der Waals surface area contributed by atoms with Gasteiger partial charge < -0.3 is 10.2 Å². The maximum atomic E-state index is 14.0. The molecule has 1 aromatic carbocycles. The third kappa shape index (κ3) is 4.63. The molecule has 2 fully saturated rings. The number of amides is 2. The van der Waals surface area contributed by atoms with E-state index >= 15 is 0 Å². The van der Waals surface area contributed by atoms with Gasteiger partial charge in [-0.1, -0.05) is 18.6 Å². The number of likely N-dealkylation sites (tertiary alicyclic amines) is 1. The van der Waals surface area contributed by atoms with E-state index in [0.717, 1.165) is 36.4 Å². The molecule has 12 heteroatoms. The molecule has 6 rings (SSSR count). The number of fused-ring (bicyclic) bond motifs is 2. The van der Waals surface area contributed by atoms with Gasteiger partial charge in [-0.2, -0.15) is 13.2 Å². The molecular weight excluding hydrogens is 547 g/mol. The Bertz CT molecular complexity index is 1570. The Labute approximate surface area is 230 Å². The van der Waals surface area contributed by atoms with Crippen LogP contribution < -0.4 is 5.32 Å². The van der Waals surface area contributed by atoms with Crippen molar-refractivity contribution >= 4 is 39.4 Å². The first-order valence-electron chi connectivity index (χ1n) is 12.8. The van der Waals surface area contributed by atoms with Crippen LogP contribution in [0, 0.1) is 25.7 Å². The number of carbonyl (C=O) groups is 2. The molecule has 1 N–H and O–H groups in total. The smallest absolute Gasteiger partial charge is 0.349 e. The molecule has 4 aromatic rings. The van der Waals surface area contributed by atoms with E-state index in [1.807, 2.05) is 11.6 Å². The molecule has 39 heavy (non-hydrogen) atoms. The normalized spacial score (nSPS) is 21.1. The molecule has 4 heterocycles. The van der Waals surface area contributed by atoms with Crippen LogP contribution in [0.15, 0.2) is 35.8 Å². The van der Waals surface area contributed by atoms with Crippen molar-refractivity contribution in [3.63, 3.8) is 0 Å². The molecule has 204 valence electrons. The summed E-state index contributed by atoms with van der Waals surface area (Å²) in [5.74, 6) is 0.0224. The second-order valence-corrected chi connectivity index (χ2v) is 12.3. The van der Waals surface area contributed by atoms with Gasteiger partial charge in [0.25, 0.3) is 11.8 Å². The molecule has 1 aliphatic carbocycles. The Balaban J connectivity index is 1.28. The maximum absolute atomic E-state index is 14.0. The van der Waals surface area contributed by atoms with E-state index < -0.39 is 11.7 Å². The van der Waals surface area contributed by atoms with Crippen LogP contribution in [-0.2, 0) is 6.18 Å². The predicted molar refractivity (Wildman–Crippen MR) is 143 cm³/mol. The number of hydrogen-bond acceptors (Lipinski definition) is 6. The van der Waals surface area contributed by atoms with Crippen molar-refractivity contribution in [3.05, 3.63) is 63.5 Å². The zero-order chi connectivity index (χ0) is 27.5. The number of alkyl halides is 3. The number of aryl methyl sites for hydroxylation is 2. The summed E-state index contributed by atoms with van der Waals surface area (Å²) in [6.07, 6.45) is 0.369. The average Bonchev–Trinajstić information content (AvgIpc) is 3.69. The Hall–Kier alpha value is -3.25. The van der Waals surface area contributed by atoms with Crippen molar-refractivity contribution in [1.82, 2.24) is 24.6 Å². The zero-order valence-electron chi connectivity index (χ0n) is 21.3. The Morgan fingerprint density at radius 1 is 1.18 bits per heavy atom. The molecular formula is C27H26F3N5O2S2. The molecule has 0 radical (unpaired) electrons. The van der Waals surface area contributed by atoms with Crippen molar-refractivity contribution in [2.75, 3.05) is 13.1 Å². The summed E-state index contributed by atoms with van der Waals surface area (Å²) in [6.45, 7) is 4.37. The number of aromatic nitrogens is 3. The summed E-state index contributed by atoms with van der Waals surface area (Å²) >= 11 is 2.66. The maximum Gasteiger partial charge on any atom is 0.416 e. The van der Waals surface area contributed by atoms with E-state index in [-0.39, 0.29) is 36.0 Å². The summed E-state index contributed by atoms with van der Waals surface area (Å²) in [7, 11) is 0. The van der Waals surface area contributed by atoms with Crippen LogP contribution in [0.2, 0.25) is 0 Å². The molecule has 3 aromatic heterocycles. The van der Waals surface area contributed by atoms with E-state index in [1.165, 1.54) is 28.7 Å². The van der Waals surface area contributed by atoms with Gasteiger partial charge in [0.2, 0.25) is 0 Å². The van der Waals surface area contributed by atoms with Gasteiger partial charge in [0.1, 0.15) is 11.4 Å². The number of rotatable bonds is 5. The highest BCUT2D eigenvalue weighted by atomic mass is 32.1. The van der Waals surface area contributed by atoms with Gasteiger partial charge in [-0.05, 0) is 56.2 Å². The third-order valence-electron chi connectivity index (χ3n) is 7.82. The summed E-state index contributed by atoms with van der Waals surface area (Å²) in [4.78, 5) is 39.1. The number of thiazole rings is 2. The first kappa shape index (κ1) is 26.0. The summed E-state index contributed by atoms with van der Waals surface area (Å²) in [5.41, 5.74) is 0.836. The summed E-state index contributed by atoms with van der Waals surface area (Å²) < 4.78 is 42.0. The fraction of sp³-hybridized carbons (Fsp3) is 0.407. The highest BCUT2D eigenvalue weighted by Gasteiger charge is 2.47. The largest absolute Gasteiger partial charge is 0.416 e. The molecule has 2 amide bonds. The lowest BCUT2D eigenvalue weighted by atomic mass is 9.94. The predicted octanol–water partition coefficient (Wildman–Crippen LogP) is 5.83. The van der Waals surface area contributed by atoms with Crippen molar-refractivity contribution in [1.29, 1.82) is 0 Å². The zero-order valence-corrected chi connectivity index (χ0v) is 22.9. The van der Waals surface area contributed by atoms with E-state index in [9.17, 15) is 22.8 Å². The second-order valence-electron chi connectivity index (χ2n) is 10.2. The molecule has 3 atom stereocenters. The van der Waals surface area contributed by atoms with Crippen LogP contribution in [0.1, 0.15) is 56.5 Å². The highest BCUT2D eigenvalue weighted by molar-refractivity contribution is 7.15. The molecule has 0 spiro atoms. The third-order valence-corrected chi connectivity index (χ3v) is 9.59. The number of imidazole rings is 1. The van der Waals surface area contributed by atoms with Crippen molar-refractivity contribution < 1.29 is 22.8 Å². The molecule has 0 unspecified atom stereocenters. The Morgan fingerprint density at radius 2 is 2.00 bits per heavy atom. The van der Waals surface area contributed by atoms with Crippen molar-refractivity contribution in [3.8, 4) is 10.4 Å². The minimum atomic E-state index is -4.49. The number of hydrogen-bond donors (Lipinski definition) is 1. The highest BCUT2D eigenvalue weighted by Crippen LogP contribution is 2.43. The van der Waals surface area contributed by atoms with Gasteiger partial charge in [-0.15, -0.1) is 22.7 Å². The first-order chi connectivity index (χ1) is 18.6. The Kier molecular flexibility index (Phi) is 6.49. The quantitative estimate of drug-likeness (QED) is 0.326. The van der Waals surface area contributed by atoms with E-state index in [1.54, 1.807) is 29.2 Å². The van der Waals surface area contributed by atoms with Gasteiger partial charge in [-0.3, -0.25) is 14.0 Å². The van der Waals surface area contributed by atoms with E-state index in [4.69, 9.17) is 0 Å². The summed E-state index contributed by atoms with van der Waals surface area (Å²) in [6, 6.07) is 4.79. The van der Waals surface area contributed by atoms with Crippen LogP contribution in [0.4, 0.5) is 13.2 Å². The molecule has 7 nitrogen and oxygen atoms in total. The minimum Gasteiger partial charge on any atom is -0.349 e. The number of nitrogens with zero attached hydrogens (tertiary/aromatic N) is 4. The van der Waals surface area contributed by atoms with Crippen LogP contribution >= 0.6 is 22.7 Å². The van der Waals surface area contributed by atoms with Crippen LogP contribution in [0.3, 0.4) is 0 Å². The van der Waals surface area contributed by atoms with Crippen molar-refractivity contribution in [2.45, 2.75) is 45.3 Å². The second kappa shape index (κ2) is 9.74. The van der Waals surface area contributed by atoms with Crippen LogP contribution in [0.5, 0.6) is 0 Å². The van der Waals surface area contributed by atoms with E-state index in [2.05, 4.69) is 15.3 Å². The van der Waals surface area contributed by atoms with Crippen LogP contribution in [-0.4, -0.2) is 50.2 Å². The van der Waals surface area contributed by atoms with Gasteiger partial charge >= 0.3 is 6.18 Å².